The molecule has 0 atom stereocenters. The van der Waals surface area contributed by atoms with Crippen molar-refractivity contribution in [3.8, 4) is 17.4 Å². The molecule has 0 fully saturated rings. The van der Waals surface area contributed by atoms with Gasteiger partial charge in [-0.3, -0.25) is 9.59 Å². The van der Waals surface area contributed by atoms with Crippen molar-refractivity contribution in [3.63, 3.8) is 0 Å². The van der Waals surface area contributed by atoms with Gasteiger partial charge in [0.1, 0.15) is 11.8 Å². The van der Waals surface area contributed by atoms with Gasteiger partial charge in [0.25, 0.3) is 11.5 Å². The van der Waals surface area contributed by atoms with Crippen LogP contribution in [0.3, 0.4) is 0 Å². The van der Waals surface area contributed by atoms with Gasteiger partial charge >= 0.3 is 6.18 Å². The molecule has 0 saturated carbocycles. The number of anilines is 1. The van der Waals surface area contributed by atoms with Gasteiger partial charge in [0.05, 0.1) is 35.4 Å². The third-order valence-corrected chi connectivity index (χ3v) is 5.65. The molecule has 10 nitrogen and oxygen atoms in total. The maximum atomic E-state index is 14.2. The third kappa shape index (κ3) is 4.10. The van der Waals surface area contributed by atoms with E-state index in [9.17, 15) is 28.0 Å². The van der Waals surface area contributed by atoms with Crippen molar-refractivity contribution >= 4 is 22.4 Å². The van der Waals surface area contributed by atoms with E-state index >= 15 is 0 Å². The number of hydrogen-bond acceptors (Lipinski definition) is 6. The Bertz CT molecular complexity index is 1760. The van der Waals surface area contributed by atoms with Crippen LogP contribution in [0.5, 0.6) is 0 Å². The van der Waals surface area contributed by atoms with E-state index in [1.807, 2.05) is 6.07 Å². The van der Waals surface area contributed by atoms with Gasteiger partial charge < -0.3 is 10.3 Å². The zero-order valence-corrected chi connectivity index (χ0v) is 18.9. The Morgan fingerprint density at radius 1 is 1.08 bits per heavy atom. The highest BCUT2D eigenvalue weighted by atomic mass is 19.4. The number of fused-ring (bicyclic) bond motifs is 1. The highest BCUT2D eigenvalue weighted by Gasteiger charge is 2.41. The second-order valence-electron chi connectivity index (χ2n) is 7.93. The van der Waals surface area contributed by atoms with Gasteiger partial charge in [-0.1, -0.05) is 6.07 Å². The molecule has 0 unspecified atom stereocenters. The predicted octanol–water partition coefficient (Wildman–Crippen LogP) is 3.75. The fourth-order valence-corrected chi connectivity index (χ4v) is 3.97. The van der Waals surface area contributed by atoms with Crippen molar-refractivity contribution in [1.82, 2.24) is 29.8 Å². The van der Waals surface area contributed by atoms with E-state index in [1.54, 1.807) is 6.92 Å². The molecule has 0 aliphatic rings. The van der Waals surface area contributed by atoms with Crippen molar-refractivity contribution in [2.24, 2.45) is 0 Å². The van der Waals surface area contributed by atoms with Crippen LogP contribution in [0.1, 0.15) is 27.2 Å². The minimum Gasteiger partial charge on any atom is -0.329 e. The summed E-state index contributed by atoms with van der Waals surface area (Å²) in [6.07, 6.45) is 0.0153. The highest BCUT2D eigenvalue weighted by Crippen LogP contribution is 2.35. The lowest BCUT2D eigenvalue weighted by Gasteiger charge is -2.15. The van der Waals surface area contributed by atoms with E-state index in [2.05, 4.69) is 25.6 Å². The average molecular weight is 504 g/mol. The average Bonchev–Trinajstić information content (AvgIpc) is 3.55. The Kier molecular flexibility index (Phi) is 5.56. The van der Waals surface area contributed by atoms with Crippen LogP contribution in [0, 0.1) is 18.3 Å². The van der Waals surface area contributed by atoms with Crippen molar-refractivity contribution in [2.45, 2.75) is 13.1 Å². The van der Waals surface area contributed by atoms with Crippen molar-refractivity contribution in [3.05, 3.63) is 93.9 Å². The van der Waals surface area contributed by atoms with E-state index in [0.717, 1.165) is 6.20 Å². The number of rotatable bonds is 4. The highest BCUT2D eigenvalue weighted by molar-refractivity contribution is 6.06. The first kappa shape index (κ1) is 23.5. The lowest BCUT2D eigenvalue weighted by molar-refractivity contribution is -0.143. The van der Waals surface area contributed by atoms with E-state index < -0.39 is 28.9 Å². The normalized spacial score (nSPS) is 11.4. The third-order valence-electron chi connectivity index (χ3n) is 5.65. The molecule has 0 saturated heterocycles. The summed E-state index contributed by atoms with van der Waals surface area (Å²) in [6, 6.07) is 10.6. The van der Waals surface area contributed by atoms with Gasteiger partial charge in [-0.05, 0) is 42.8 Å². The molecule has 0 aliphatic carbocycles. The van der Waals surface area contributed by atoms with Gasteiger partial charge in [0.15, 0.2) is 5.69 Å². The monoisotopic (exact) mass is 504 g/mol. The van der Waals surface area contributed by atoms with Gasteiger partial charge in [-0.2, -0.15) is 38.5 Å². The Morgan fingerprint density at radius 3 is 2.54 bits per heavy atom. The standard InChI is InChI=1S/C24H15F3N8O2/c1-13-9-20(35-30-7-8-31-35)14(11-28)10-18(13)33-23(37)17-12-32-34(21(17)24(25,26)27)19-4-2-3-16-15(19)5-6-29-22(16)36/h2-10,12H,1H3,(H,29,36)(H,33,37). The van der Waals surface area contributed by atoms with E-state index in [4.69, 9.17) is 0 Å². The van der Waals surface area contributed by atoms with Crippen LogP contribution in [-0.4, -0.2) is 35.7 Å². The zero-order valence-electron chi connectivity index (χ0n) is 18.9. The topological polar surface area (TPSA) is 134 Å². The number of alkyl halides is 3. The van der Waals surface area contributed by atoms with Crippen molar-refractivity contribution in [1.29, 1.82) is 5.26 Å². The molecule has 37 heavy (non-hydrogen) atoms. The maximum Gasteiger partial charge on any atom is 0.434 e. The van der Waals surface area contributed by atoms with Crippen LogP contribution in [0.15, 0.2) is 66.0 Å². The molecule has 5 rings (SSSR count). The van der Waals surface area contributed by atoms with E-state index in [1.165, 1.54) is 59.8 Å². The number of pyridine rings is 1. The molecule has 0 aliphatic heterocycles. The molecular weight excluding hydrogens is 489 g/mol. The molecular formula is C24H15F3N8O2. The van der Waals surface area contributed by atoms with Gasteiger partial charge in [-0.15, -0.1) is 0 Å². The maximum absolute atomic E-state index is 14.2. The molecule has 2 aromatic carbocycles. The van der Waals surface area contributed by atoms with Gasteiger partial charge in [0, 0.05) is 22.7 Å². The summed E-state index contributed by atoms with van der Waals surface area (Å²) >= 11 is 0. The minimum absolute atomic E-state index is 0.0194. The number of amides is 1. The van der Waals surface area contributed by atoms with Crippen LogP contribution in [0.2, 0.25) is 0 Å². The first-order valence-corrected chi connectivity index (χ1v) is 10.7. The fraction of sp³-hybridized carbons (Fsp3) is 0.0833. The number of nitrogens with one attached hydrogen (secondary N) is 2. The van der Waals surface area contributed by atoms with Gasteiger partial charge in [0.2, 0.25) is 0 Å². The molecule has 0 bridgehead atoms. The predicted molar refractivity (Wildman–Crippen MR) is 125 cm³/mol. The van der Waals surface area contributed by atoms with Crippen LogP contribution in [0.4, 0.5) is 18.9 Å². The molecule has 2 N–H and O–H groups in total. The summed E-state index contributed by atoms with van der Waals surface area (Å²) in [5.41, 5.74) is -1.49. The van der Waals surface area contributed by atoms with E-state index in [0.29, 0.717) is 15.9 Å². The molecule has 3 aromatic heterocycles. The van der Waals surface area contributed by atoms with Crippen molar-refractivity contribution < 1.29 is 18.0 Å². The Hall–Kier alpha value is -5.25. The SMILES string of the molecule is Cc1cc(-n2nccn2)c(C#N)cc1NC(=O)c1cnn(-c2cccc3c(=O)[nH]ccc23)c1C(F)(F)F. The van der Waals surface area contributed by atoms with Crippen LogP contribution < -0.4 is 10.9 Å². The summed E-state index contributed by atoms with van der Waals surface area (Å²) in [5.74, 6) is -1.08. The molecule has 184 valence electrons. The Labute approximate surface area is 205 Å². The summed E-state index contributed by atoms with van der Waals surface area (Å²) in [7, 11) is 0. The number of nitrogens with zero attached hydrogens (tertiary/aromatic N) is 6. The van der Waals surface area contributed by atoms with E-state index in [-0.39, 0.29) is 27.7 Å². The number of aryl methyl sites for hydroxylation is 1. The Morgan fingerprint density at radius 2 is 1.84 bits per heavy atom. The second kappa shape index (κ2) is 8.76. The molecule has 0 radical (unpaired) electrons. The molecule has 5 aromatic rings. The summed E-state index contributed by atoms with van der Waals surface area (Å²) in [5, 5.41) is 24.2. The van der Waals surface area contributed by atoms with Gasteiger partial charge in [-0.25, -0.2) is 4.68 Å². The number of halogens is 3. The van der Waals surface area contributed by atoms with Crippen LogP contribution in [0.25, 0.3) is 22.1 Å². The number of H-pyrrole nitrogens is 1. The number of aromatic nitrogens is 6. The number of carbonyl (C=O) groups is 1. The second-order valence-corrected chi connectivity index (χ2v) is 7.93. The van der Waals surface area contributed by atoms with Crippen LogP contribution in [-0.2, 0) is 6.18 Å². The largest absolute Gasteiger partial charge is 0.434 e. The number of aromatic amines is 1. The lowest BCUT2D eigenvalue weighted by atomic mass is 10.1. The number of hydrogen-bond donors (Lipinski definition) is 2. The van der Waals surface area contributed by atoms with Crippen molar-refractivity contribution in [2.75, 3.05) is 5.32 Å². The number of nitriles is 1. The quantitative estimate of drug-likeness (QED) is 0.383. The minimum atomic E-state index is -4.96. The lowest BCUT2D eigenvalue weighted by Crippen LogP contribution is -2.21. The number of carbonyl (C=O) groups excluding carboxylic acids is 1. The Balaban J connectivity index is 1.59. The summed E-state index contributed by atoms with van der Waals surface area (Å²) in [4.78, 5) is 28.9. The fourth-order valence-electron chi connectivity index (χ4n) is 3.97. The molecule has 0 spiro atoms. The zero-order chi connectivity index (χ0) is 26.3. The first-order chi connectivity index (χ1) is 17.7. The number of benzene rings is 2. The smallest absolute Gasteiger partial charge is 0.329 e. The van der Waals surface area contributed by atoms with Crippen LogP contribution >= 0.6 is 0 Å². The molecule has 1 amide bonds. The first-order valence-electron chi connectivity index (χ1n) is 10.7. The molecule has 3 heterocycles. The summed E-state index contributed by atoms with van der Waals surface area (Å²) < 4.78 is 43.3. The molecule has 13 heteroatoms. The summed E-state index contributed by atoms with van der Waals surface area (Å²) in [6.45, 7) is 1.62.